The molecule has 2 aromatic rings. The second-order valence-electron chi connectivity index (χ2n) is 2.59. The highest BCUT2D eigenvalue weighted by molar-refractivity contribution is 14.3. The van der Waals surface area contributed by atoms with Crippen LogP contribution >= 0.6 is 81.3 Å². The Kier molecular flexibility index (Phi) is 4.69. The number of hydrogen-bond acceptors (Lipinski definition) is 2. The molecule has 0 saturated carbocycles. The first-order valence-electron chi connectivity index (χ1n) is 3.71. The van der Waals surface area contributed by atoms with E-state index < -0.39 is 0 Å². The number of aromatic nitrogens is 2. The van der Waals surface area contributed by atoms with Crippen LogP contribution in [-0.4, -0.2) is 8.96 Å². The summed E-state index contributed by atoms with van der Waals surface area (Å²) in [5.74, 6) is 0. The summed E-state index contributed by atoms with van der Waals surface area (Å²) in [5, 5.41) is 2.02. The highest BCUT2D eigenvalue weighted by Crippen LogP contribution is 2.65. The minimum atomic E-state index is -0.150. The predicted molar refractivity (Wildman–Crippen MR) is 87.7 cm³/mol. The number of pyridine rings is 1. The molecule has 0 aliphatic rings. The molecule has 15 heavy (non-hydrogen) atoms. The van der Waals surface area contributed by atoms with Gasteiger partial charge in [-0.2, -0.15) is 0 Å². The maximum absolute atomic E-state index is 6.07. The van der Waals surface area contributed by atoms with Gasteiger partial charge in [-0.3, -0.25) is 3.97 Å². The first-order valence-corrected chi connectivity index (χ1v) is 12.8. The van der Waals surface area contributed by atoms with Crippen LogP contribution in [0.1, 0.15) is 0 Å². The van der Waals surface area contributed by atoms with E-state index in [0.29, 0.717) is 10.2 Å². The number of nitrogens with zero attached hydrogens (tertiary/aromatic N) is 2. The average Bonchev–Trinajstić information content (AvgIpc) is 2.48. The zero-order chi connectivity index (χ0) is 11.0. The van der Waals surface area contributed by atoms with Crippen LogP contribution < -0.4 is 0 Å². The Morgan fingerprint density at radius 3 is 2.80 bits per heavy atom. The molecule has 80 valence electrons. The molecule has 8 heteroatoms. The Morgan fingerprint density at radius 2 is 2.13 bits per heavy atom. The smallest absolute Gasteiger partial charge is 0.153 e. The average molecular weight is 503 g/mol. The summed E-state index contributed by atoms with van der Waals surface area (Å²) in [6, 6.07) is 3.62. The van der Waals surface area contributed by atoms with Gasteiger partial charge in [0.25, 0.3) is 0 Å². The minimum Gasteiger partial charge on any atom is -0.270 e. The molecule has 2 aromatic heterocycles. The molecule has 2 heterocycles. The van der Waals surface area contributed by atoms with Crippen LogP contribution in [0.5, 0.6) is 0 Å². The third kappa shape index (κ3) is 3.04. The van der Waals surface area contributed by atoms with Gasteiger partial charge in [0.1, 0.15) is 7.56 Å². The molecule has 0 saturated heterocycles. The highest BCUT2D eigenvalue weighted by atomic mass is 127. The van der Waals surface area contributed by atoms with Crippen LogP contribution in [-0.2, 0) is 0 Å². The fourth-order valence-corrected chi connectivity index (χ4v) is 6.32. The van der Waals surface area contributed by atoms with E-state index >= 15 is 0 Å². The van der Waals surface area contributed by atoms with Gasteiger partial charge < -0.3 is 0 Å². The maximum Gasteiger partial charge on any atom is 0.153 e. The van der Waals surface area contributed by atoms with E-state index in [2.05, 4.69) is 49.1 Å². The quantitative estimate of drug-likeness (QED) is 0.287. The third-order valence-electron chi connectivity index (χ3n) is 1.69. The van der Waals surface area contributed by atoms with Crippen LogP contribution in [0.15, 0.2) is 18.3 Å². The number of halogens is 4. The van der Waals surface area contributed by atoms with Gasteiger partial charge in [0, 0.05) is 23.2 Å². The normalized spacial score (nSPS) is 11.5. The molecule has 0 spiro atoms. The van der Waals surface area contributed by atoms with Gasteiger partial charge in [0.2, 0.25) is 0 Å². The first kappa shape index (κ1) is 13.0. The van der Waals surface area contributed by atoms with Gasteiger partial charge in [-0.05, 0) is 56.2 Å². The number of fused-ring (bicyclic) bond motifs is 1. The largest absolute Gasteiger partial charge is 0.270 e. The molecular weight excluding hydrogens is 500 g/mol. The molecule has 2 nitrogen and oxygen atoms in total. The second-order valence-corrected chi connectivity index (χ2v) is 21.2. The van der Waals surface area contributed by atoms with Gasteiger partial charge in [0.15, 0.2) is 5.65 Å². The lowest BCUT2D eigenvalue weighted by Crippen LogP contribution is -1.85. The summed E-state index contributed by atoms with van der Waals surface area (Å²) in [7, 11) is 0. The van der Waals surface area contributed by atoms with E-state index in [1.807, 2.05) is 16.2 Å². The SMILES string of the molecule is Clc1cc(Cl)c2ccn(SP(I)I)c2n1. The molecule has 0 aliphatic heterocycles. The van der Waals surface area contributed by atoms with Crippen LogP contribution in [0.4, 0.5) is 0 Å². The maximum atomic E-state index is 6.07. The summed E-state index contributed by atoms with van der Waals surface area (Å²) in [5.41, 5.74) is 0.832. The van der Waals surface area contributed by atoms with Crippen LogP contribution in [0.2, 0.25) is 10.2 Å². The molecule has 0 bridgehead atoms. The molecule has 0 aliphatic carbocycles. The molecular formula is C7H3Cl2I2N2PS. The summed E-state index contributed by atoms with van der Waals surface area (Å²) < 4.78 is 1.86. The van der Waals surface area contributed by atoms with Gasteiger partial charge in [0.05, 0.1) is 5.02 Å². The molecule has 0 aromatic carbocycles. The molecule has 0 N–H and O–H groups in total. The van der Waals surface area contributed by atoms with Crippen molar-refractivity contribution in [3.05, 3.63) is 28.5 Å². The van der Waals surface area contributed by atoms with Crippen molar-refractivity contribution >= 4 is 92.3 Å². The number of hydrogen-bond donors (Lipinski definition) is 0. The summed E-state index contributed by atoms with van der Waals surface area (Å²) >= 11 is 18.5. The van der Waals surface area contributed by atoms with Gasteiger partial charge in [-0.15, -0.1) is 0 Å². The fourth-order valence-electron chi connectivity index (χ4n) is 1.15. The molecule has 0 fully saturated rings. The second kappa shape index (κ2) is 5.44. The summed E-state index contributed by atoms with van der Waals surface area (Å²) in [4.78, 5) is 4.28. The van der Waals surface area contributed by atoms with Crippen LogP contribution in [0.3, 0.4) is 0 Å². The Balaban J connectivity index is 2.58. The van der Waals surface area contributed by atoms with Crippen molar-refractivity contribution < 1.29 is 0 Å². The number of rotatable bonds is 2. The molecule has 2 rings (SSSR count). The monoisotopic (exact) mass is 502 g/mol. The zero-order valence-corrected chi connectivity index (χ0v) is 14.5. The van der Waals surface area contributed by atoms with E-state index in [0.717, 1.165) is 11.0 Å². The molecule has 0 radical (unpaired) electrons. The Hall–Kier alpha value is 1.51. The van der Waals surface area contributed by atoms with Crippen molar-refractivity contribution in [1.82, 2.24) is 8.96 Å². The minimum absolute atomic E-state index is 0.150. The molecule has 0 amide bonds. The topological polar surface area (TPSA) is 17.8 Å². The Bertz CT molecular complexity index is 505. The molecule has 0 unspecified atom stereocenters. The van der Waals surface area contributed by atoms with Gasteiger partial charge in [-0.1, -0.05) is 23.2 Å². The lowest BCUT2D eigenvalue weighted by atomic mass is 10.3. The van der Waals surface area contributed by atoms with Crippen molar-refractivity contribution in [3.8, 4) is 0 Å². The predicted octanol–water partition coefficient (Wildman–Crippen LogP) is 5.94. The lowest BCUT2D eigenvalue weighted by molar-refractivity contribution is 1.27. The Labute approximate surface area is 128 Å². The highest BCUT2D eigenvalue weighted by Gasteiger charge is 2.10. The Morgan fingerprint density at radius 1 is 1.40 bits per heavy atom. The van der Waals surface area contributed by atoms with E-state index in [9.17, 15) is 0 Å². The third-order valence-corrected chi connectivity index (χ3v) is 6.86. The zero-order valence-electron chi connectivity index (χ0n) is 6.99. The van der Waals surface area contributed by atoms with E-state index in [-0.39, 0.29) is 2.41 Å². The van der Waals surface area contributed by atoms with Crippen LogP contribution in [0, 0.1) is 0 Å². The first-order chi connectivity index (χ1) is 7.08. The van der Waals surface area contributed by atoms with Gasteiger partial charge >= 0.3 is 0 Å². The van der Waals surface area contributed by atoms with E-state index in [1.165, 1.54) is 0 Å². The standard InChI is InChI=1S/C7H3Cl2I2N2PS/c8-5-3-6(9)12-7-4(5)1-2-13(7)15-14(10)11/h1-3H. The van der Waals surface area contributed by atoms with Crippen LogP contribution in [0.25, 0.3) is 11.0 Å². The van der Waals surface area contributed by atoms with Crippen molar-refractivity contribution in [2.45, 2.75) is 0 Å². The van der Waals surface area contributed by atoms with E-state index in [1.54, 1.807) is 17.6 Å². The van der Waals surface area contributed by atoms with Crippen molar-refractivity contribution in [3.63, 3.8) is 0 Å². The lowest BCUT2D eigenvalue weighted by Gasteiger charge is -2.04. The van der Waals surface area contributed by atoms with Crippen molar-refractivity contribution in [1.29, 1.82) is 0 Å². The summed E-state index contributed by atoms with van der Waals surface area (Å²) in [6.45, 7) is 0. The molecule has 0 atom stereocenters. The fraction of sp³-hybridized carbons (Fsp3) is 0. The van der Waals surface area contributed by atoms with Gasteiger partial charge in [-0.25, -0.2) is 4.98 Å². The summed E-state index contributed by atoms with van der Waals surface area (Å²) in [6.07, 6.45) is 1.97. The van der Waals surface area contributed by atoms with Crippen molar-refractivity contribution in [2.75, 3.05) is 0 Å². The van der Waals surface area contributed by atoms with E-state index in [4.69, 9.17) is 23.2 Å². The van der Waals surface area contributed by atoms with Crippen molar-refractivity contribution in [2.24, 2.45) is 0 Å².